The number of amides is 4. The van der Waals surface area contributed by atoms with E-state index in [1.807, 2.05) is 36.4 Å². The van der Waals surface area contributed by atoms with Crippen LogP contribution in [0.2, 0.25) is 0 Å². The first kappa shape index (κ1) is 20.2. The molecule has 2 aliphatic rings. The highest BCUT2D eigenvalue weighted by Crippen LogP contribution is 2.22. The minimum atomic E-state index is -0.337. The Kier molecular flexibility index (Phi) is 6.15. The number of likely N-dealkylation sites (tertiary alicyclic amines) is 1. The molecule has 8 heteroatoms. The number of aliphatic hydroxyl groups is 1. The molecule has 0 unspecified atom stereocenters. The molecule has 2 heterocycles. The summed E-state index contributed by atoms with van der Waals surface area (Å²) in [6.45, 7) is 3.78. The lowest BCUT2D eigenvalue weighted by Crippen LogP contribution is -2.35. The fourth-order valence-corrected chi connectivity index (χ4v) is 3.85. The first-order valence-electron chi connectivity index (χ1n) is 10.3. The molecule has 0 saturated carbocycles. The van der Waals surface area contributed by atoms with Gasteiger partial charge in [0.05, 0.1) is 6.10 Å². The smallest absolute Gasteiger partial charge is 0.323 e. The van der Waals surface area contributed by atoms with E-state index >= 15 is 0 Å². The van der Waals surface area contributed by atoms with E-state index in [9.17, 15) is 14.7 Å². The van der Waals surface area contributed by atoms with Crippen molar-refractivity contribution < 1.29 is 14.7 Å². The maximum Gasteiger partial charge on any atom is 0.323 e. The number of urea groups is 2. The van der Waals surface area contributed by atoms with Crippen LogP contribution in [-0.4, -0.2) is 54.4 Å². The third-order valence-corrected chi connectivity index (χ3v) is 5.42. The Morgan fingerprint density at radius 3 is 2.43 bits per heavy atom. The largest absolute Gasteiger partial charge is 0.393 e. The van der Waals surface area contributed by atoms with Crippen molar-refractivity contribution in [1.82, 2.24) is 10.2 Å². The molecule has 4 rings (SSSR count). The normalized spacial score (nSPS) is 17.6. The standard InChI is InChI=1S/C22H27N5O3/c28-20-7-10-26(11-8-20)15-16-3-1-4-17(13-16)24-21(29)25-18-5-2-6-19(14-18)27-12-9-23-22(27)30/h1-6,13-14,20,28H,7-12,15H2,(H,23,30)(H2,24,25,29). The van der Waals surface area contributed by atoms with Gasteiger partial charge in [0, 0.05) is 49.8 Å². The van der Waals surface area contributed by atoms with Gasteiger partial charge in [0.1, 0.15) is 0 Å². The molecule has 0 atom stereocenters. The van der Waals surface area contributed by atoms with Crippen molar-refractivity contribution in [1.29, 1.82) is 0 Å². The summed E-state index contributed by atoms with van der Waals surface area (Å²) in [7, 11) is 0. The van der Waals surface area contributed by atoms with E-state index in [0.717, 1.165) is 49.4 Å². The third kappa shape index (κ3) is 5.08. The predicted molar refractivity (Wildman–Crippen MR) is 117 cm³/mol. The van der Waals surface area contributed by atoms with E-state index in [2.05, 4.69) is 20.9 Å². The second kappa shape index (κ2) is 9.15. The monoisotopic (exact) mass is 409 g/mol. The van der Waals surface area contributed by atoms with Crippen molar-refractivity contribution in [2.24, 2.45) is 0 Å². The maximum atomic E-state index is 12.5. The van der Waals surface area contributed by atoms with Crippen LogP contribution in [0.15, 0.2) is 48.5 Å². The molecule has 30 heavy (non-hydrogen) atoms. The lowest BCUT2D eigenvalue weighted by Gasteiger charge is -2.29. The van der Waals surface area contributed by atoms with Gasteiger partial charge in [0.2, 0.25) is 0 Å². The molecule has 2 aliphatic heterocycles. The lowest BCUT2D eigenvalue weighted by atomic mass is 10.1. The molecular formula is C22H27N5O3. The van der Waals surface area contributed by atoms with E-state index in [4.69, 9.17) is 0 Å². The van der Waals surface area contributed by atoms with Gasteiger partial charge < -0.3 is 21.1 Å². The molecule has 0 aromatic heterocycles. The Bertz CT molecular complexity index is 911. The van der Waals surface area contributed by atoms with Crippen LogP contribution < -0.4 is 20.9 Å². The molecule has 4 N–H and O–H groups in total. The zero-order chi connectivity index (χ0) is 20.9. The Hall–Kier alpha value is -3.10. The van der Waals surface area contributed by atoms with Crippen molar-refractivity contribution >= 4 is 29.1 Å². The summed E-state index contributed by atoms with van der Waals surface area (Å²) in [5.74, 6) is 0. The van der Waals surface area contributed by atoms with E-state index < -0.39 is 0 Å². The predicted octanol–water partition coefficient (Wildman–Crippen LogP) is 2.82. The second-order valence-electron chi connectivity index (χ2n) is 7.72. The average molecular weight is 409 g/mol. The Morgan fingerprint density at radius 1 is 1.03 bits per heavy atom. The molecule has 2 fully saturated rings. The summed E-state index contributed by atoms with van der Waals surface area (Å²) >= 11 is 0. The summed E-state index contributed by atoms with van der Waals surface area (Å²) in [4.78, 5) is 28.3. The molecule has 2 aromatic rings. The number of aliphatic hydroxyl groups excluding tert-OH is 1. The van der Waals surface area contributed by atoms with Crippen LogP contribution in [0.1, 0.15) is 18.4 Å². The van der Waals surface area contributed by atoms with Gasteiger partial charge in [-0.1, -0.05) is 18.2 Å². The minimum Gasteiger partial charge on any atom is -0.393 e. The molecular weight excluding hydrogens is 382 g/mol. The molecule has 158 valence electrons. The van der Waals surface area contributed by atoms with Gasteiger partial charge in [-0.15, -0.1) is 0 Å². The summed E-state index contributed by atoms with van der Waals surface area (Å²) < 4.78 is 0. The molecule has 0 bridgehead atoms. The van der Waals surface area contributed by atoms with Crippen LogP contribution in [0, 0.1) is 0 Å². The number of rotatable bonds is 5. The summed E-state index contributed by atoms with van der Waals surface area (Å²) in [6.07, 6.45) is 1.42. The van der Waals surface area contributed by atoms with Crippen molar-refractivity contribution in [2.45, 2.75) is 25.5 Å². The number of anilines is 3. The highest BCUT2D eigenvalue weighted by molar-refractivity contribution is 6.01. The number of hydrogen-bond donors (Lipinski definition) is 4. The van der Waals surface area contributed by atoms with Crippen LogP contribution in [0.4, 0.5) is 26.7 Å². The van der Waals surface area contributed by atoms with E-state index in [0.29, 0.717) is 18.8 Å². The van der Waals surface area contributed by atoms with Gasteiger partial charge in [-0.3, -0.25) is 9.80 Å². The van der Waals surface area contributed by atoms with Crippen LogP contribution in [-0.2, 0) is 6.54 Å². The van der Waals surface area contributed by atoms with Crippen molar-refractivity contribution in [3.8, 4) is 0 Å². The molecule has 2 saturated heterocycles. The van der Waals surface area contributed by atoms with E-state index in [1.165, 1.54) is 0 Å². The number of hydrogen-bond acceptors (Lipinski definition) is 4. The summed E-state index contributed by atoms with van der Waals surface area (Å²) in [5, 5.41) is 18.1. The quantitative estimate of drug-likeness (QED) is 0.611. The Balaban J connectivity index is 1.34. The molecule has 0 aliphatic carbocycles. The van der Waals surface area contributed by atoms with Crippen LogP contribution in [0.5, 0.6) is 0 Å². The Morgan fingerprint density at radius 2 is 1.73 bits per heavy atom. The van der Waals surface area contributed by atoms with Gasteiger partial charge >= 0.3 is 12.1 Å². The van der Waals surface area contributed by atoms with Crippen molar-refractivity contribution in [3.05, 3.63) is 54.1 Å². The van der Waals surface area contributed by atoms with Crippen LogP contribution >= 0.6 is 0 Å². The van der Waals surface area contributed by atoms with Crippen molar-refractivity contribution in [3.63, 3.8) is 0 Å². The summed E-state index contributed by atoms with van der Waals surface area (Å²) in [6, 6.07) is 14.6. The second-order valence-corrected chi connectivity index (χ2v) is 7.72. The van der Waals surface area contributed by atoms with Crippen LogP contribution in [0.25, 0.3) is 0 Å². The molecule has 0 radical (unpaired) electrons. The average Bonchev–Trinajstić information content (AvgIpc) is 3.16. The number of nitrogens with zero attached hydrogens (tertiary/aromatic N) is 2. The topological polar surface area (TPSA) is 96.9 Å². The fourth-order valence-electron chi connectivity index (χ4n) is 3.85. The van der Waals surface area contributed by atoms with Gasteiger partial charge in [-0.05, 0) is 48.7 Å². The molecule has 8 nitrogen and oxygen atoms in total. The van der Waals surface area contributed by atoms with Gasteiger partial charge in [-0.2, -0.15) is 0 Å². The van der Waals surface area contributed by atoms with Gasteiger partial charge in [0.15, 0.2) is 0 Å². The fraction of sp³-hybridized carbons (Fsp3) is 0.364. The lowest BCUT2D eigenvalue weighted by molar-refractivity contribution is 0.0792. The zero-order valence-electron chi connectivity index (χ0n) is 16.8. The number of carbonyl (C=O) groups is 2. The first-order chi connectivity index (χ1) is 14.6. The SMILES string of the molecule is O=C(Nc1cccc(CN2CCC(O)CC2)c1)Nc1cccc(N2CCNC2=O)c1. The minimum absolute atomic E-state index is 0.128. The van der Waals surface area contributed by atoms with E-state index in [1.54, 1.807) is 17.0 Å². The first-order valence-corrected chi connectivity index (χ1v) is 10.3. The number of nitrogens with one attached hydrogen (secondary N) is 3. The molecule has 0 spiro atoms. The summed E-state index contributed by atoms with van der Waals surface area (Å²) in [5.41, 5.74) is 3.20. The molecule has 2 aromatic carbocycles. The Labute approximate surface area is 175 Å². The highest BCUT2D eigenvalue weighted by Gasteiger charge is 2.21. The maximum absolute atomic E-state index is 12.5. The van der Waals surface area contributed by atoms with Crippen LogP contribution in [0.3, 0.4) is 0 Å². The molecule has 4 amide bonds. The van der Waals surface area contributed by atoms with Crippen molar-refractivity contribution in [2.75, 3.05) is 41.7 Å². The number of piperidine rings is 1. The van der Waals surface area contributed by atoms with Gasteiger partial charge in [-0.25, -0.2) is 9.59 Å². The van der Waals surface area contributed by atoms with Gasteiger partial charge in [0.25, 0.3) is 0 Å². The van der Waals surface area contributed by atoms with E-state index in [-0.39, 0.29) is 18.2 Å². The third-order valence-electron chi connectivity index (χ3n) is 5.42. The highest BCUT2D eigenvalue weighted by atomic mass is 16.3. The zero-order valence-corrected chi connectivity index (χ0v) is 16.8. The number of carbonyl (C=O) groups excluding carboxylic acids is 2. The number of benzene rings is 2.